The maximum absolute atomic E-state index is 9.54. The zero-order valence-corrected chi connectivity index (χ0v) is 10.3. The topological polar surface area (TPSA) is 60.2 Å². The van der Waals surface area contributed by atoms with Gasteiger partial charge in [0.2, 0.25) is 0 Å². The Morgan fingerprint density at radius 1 is 1.32 bits per heavy atom. The third-order valence-corrected chi connectivity index (χ3v) is 3.61. The number of rotatable bonds is 1. The van der Waals surface area contributed by atoms with Gasteiger partial charge in [-0.25, -0.2) is 4.98 Å². The second kappa shape index (κ2) is 4.01. The molecule has 19 heavy (non-hydrogen) atoms. The second-order valence-corrected chi connectivity index (χ2v) is 4.76. The lowest BCUT2D eigenvalue weighted by Gasteiger charge is -2.24. The Morgan fingerprint density at radius 2 is 2.21 bits per heavy atom. The van der Waals surface area contributed by atoms with E-state index in [9.17, 15) is 5.11 Å². The first-order valence-corrected chi connectivity index (χ1v) is 6.31. The maximum Gasteiger partial charge on any atom is 0.136 e. The van der Waals surface area contributed by atoms with Gasteiger partial charge in [-0.2, -0.15) is 0 Å². The van der Waals surface area contributed by atoms with Gasteiger partial charge >= 0.3 is 0 Å². The second-order valence-electron chi connectivity index (χ2n) is 4.76. The fourth-order valence-electron chi connectivity index (χ4n) is 2.76. The summed E-state index contributed by atoms with van der Waals surface area (Å²) in [4.78, 5) is 8.99. The van der Waals surface area contributed by atoms with Crippen molar-refractivity contribution in [2.24, 2.45) is 0 Å². The minimum atomic E-state index is -0.0699. The van der Waals surface area contributed by atoms with Crippen molar-refractivity contribution in [3.05, 3.63) is 36.3 Å². The van der Waals surface area contributed by atoms with E-state index in [1.165, 1.54) is 0 Å². The van der Waals surface area contributed by atoms with Gasteiger partial charge in [-0.3, -0.25) is 4.98 Å². The lowest BCUT2D eigenvalue weighted by molar-refractivity contribution is 0.0356. The van der Waals surface area contributed by atoms with E-state index in [2.05, 4.69) is 14.5 Å². The van der Waals surface area contributed by atoms with Crippen molar-refractivity contribution in [3.8, 4) is 0 Å². The molecule has 0 saturated heterocycles. The van der Waals surface area contributed by atoms with E-state index >= 15 is 0 Å². The average molecular weight is 255 g/mol. The van der Waals surface area contributed by atoms with Crippen LogP contribution in [0.4, 0.5) is 0 Å². The Bertz CT molecular complexity index is 766. The SMILES string of the molecule is OC[C@H]1COCc2nc3cnc4ccccc4c3n21. The molecular formula is C14H13N3O2. The number of fused-ring (bicyclic) bond motifs is 5. The fourth-order valence-corrected chi connectivity index (χ4v) is 2.76. The molecule has 3 heterocycles. The van der Waals surface area contributed by atoms with Gasteiger partial charge in [0.25, 0.3) is 0 Å². The summed E-state index contributed by atoms with van der Waals surface area (Å²) in [5.74, 6) is 0.860. The molecule has 0 amide bonds. The monoisotopic (exact) mass is 255 g/mol. The highest BCUT2D eigenvalue weighted by molar-refractivity contribution is 6.02. The van der Waals surface area contributed by atoms with Gasteiger partial charge in [0.1, 0.15) is 17.9 Å². The molecule has 0 radical (unpaired) electrons. The summed E-state index contributed by atoms with van der Waals surface area (Å²) in [6.45, 7) is 1.06. The van der Waals surface area contributed by atoms with Crippen LogP contribution in [0.1, 0.15) is 11.9 Å². The highest BCUT2D eigenvalue weighted by Crippen LogP contribution is 2.30. The van der Waals surface area contributed by atoms with Crippen molar-refractivity contribution in [3.63, 3.8) is 0 Å². The average Bonchev–Trinajstić information content (AvgIpc) is 2.86. The largest absolute Gasteiger partial charge is 0.394 e. The summed E-state index contributed by atoms with van der Waals surface area (Å²) in [7, 11) is 0. The molecule has 2 aromatic heterocycles. The van der Waals surface area contributed by atoms with Crippen LogP contribution in [0.25, 0.3) is 21.9 Å². The standard InChI is InChI=1S/C14H13N3O2/c18-6-9-7-19-8-13-16-12-5-15-11-4-2-1-3-10(11)14(12)17(9)13/h1-5,9,18H,6-8H2/t9-/m0/s1. The van der Waals surface area contributed by atoms with E-state index in [1.807, 2.05) is 24.3 Å². The van der Waals surface area contributed by atoms with Crippen LogP contribution in [0.3, 0.4) is 0 Å². The molecule has 0 unspecified atom stereocenters. The summed E-state index contributed by atoms with van der Waals surface area (Å²) < 4.78 is 7.58. The van der Waals surface area contributed by atoms with Gasteiger partial charge in [-0.05, 0) is 6.07 Å². The summed E-state index contributed by atoms with van der Waals surface area (Å²) in [5.41, 5.74) is 2.85. The molecule has 4 rings (SSSR count). The first kappa shape index (κ1) is 10.9. The quantitative estimate of drug-likeness (QED) is 0.718. The smallest absolute Gasteiger partial charge is 0.136 e. The van der Waals surface area contributed by atoms with E-state index in [0.717, 1.165) is 27.8 Å². The van der Waals surface area contributed by atoms with Gasteiger partial charge in [0.15, 0.2) is 0 Å². The number of benzene rings is 1. The number of pyridine rings is 1. The van der Waals surface area contributed by atoms with E-state index in [4.69, 9.17) is 4.74 Å². The molecule has 1 aliphatic heterocycles. The lowest BCUT2D eigenvalue weighted by atomic mass is 10.2. The number of aliphatic hydroxyl groups excluding tert-OH is 1. The molecule has 0 saturated carbocycles. The Kier molecular flexibility index (Phi) is 2.30. The normalized spacial score (nSPS) is 18.9. The molecule has 0 bridgehead atoms. The molecule has 1 N–H and O–H groups in total. The minimum absolute atomic E-state index is 0.0507. The first-order valence-electron chi connectivity index (χ1n) is 6.31. The summed E-state index contributed by atoms with van der Waals surface area (Å²) in [5, 5.41) is 10.6. The van der Waals surface area contributed by atoms with E-state index in [1.54, 1.807) is 6.20 Å². The molecule has 0 aliphatic carbocycles. The maximum atomic E-state index is 9.54. The molecule has 1 atom stereocenters. The van der Waals surface area contributed by atoms with Gasteiger partial charge in [0.05, 0.1) is 36.5 Å². The Morgan fingerprint density at radius 3 is 3.11 bits per heavy atom. The Labute approximate surface area is 109 Å². The number of ether oxygens (including phenoxy) is 1. The van der Waals surface area contributed by atoms with Crippen molar-refractivity contribution in [1.82, 2.24) is 14.5 Å². The minimum Gasteiger partial charge on any atom is -0.394 e. The predicted molar refractivity (Wildman–Crippen MR) is 70.8 cm³/mol. The highest BCUT2D eigenvalue weighted by Gasteiger charge is 2.24. The van der Waals surface area contributed by atoms with E-state index in [-0.39, 0.29) is 12.6 Å². The van der Waals surface area contributed by atoms with E-state index < -0.39 is 0 Å². The Hall–Kier alpha value is -1.98. The van der Waals surface area contributed by atoms with Gasteiger partial charge in [-0.15, -0.1) is 0 Å². The molecule has 1 aromatic carbocycles. The number of imidazole rings is 1. The molecule has 5 nitrogen and oxygen atoms in total. The van der Waals surface area contributed by atoms with Crippen LogP contribution < -0.4 is 0 Å². The van der Waals surface area contributed by atoms with Crippen molar-refractivity contribution in [2.75, 3.05) is 13.2 Å². The van der Waals surface area contributed by atoms with Crippen molar-refractivity contribution >= 4 is 21.9 Å². The number of aromatic nitrogens is 3. The number of hydrogen-bond acceptors (Lipinski definition) is 4. The fraction of sp³-hybridized carbons (Fsp3) is 0.286. The third-order valence-electron chi connectivity index (χ3n) is 3.61. The van der Waals surface area contributed by atoms with Crippen molar-refractivity contribution < 1.29 is 9.84 Å². The number of para-hydroxylation sites is 1. The number of nitrogens with zero attached hydrogens (tertiary/aromatic N) is 3. The molecular weight excluding hydrogens is 242 g/mol. The van der Waals surface area contributed by atoms with Crippen molar-refractivity contribution in [1.29, 1.82) is 0 Å². The molecule has 5 heteroatoms. The number of hydrogen-bond donors (Lipinski definition) is 1. The molecule has 3 aromatic rings. The van der Waals surface area contributed by atoms with Crippen LogP contribution in [-0.2, 0) is 11.3 Å². The van der Waals surface area contributed by atoms with Gasteiger partial charge in [-0.1, -0.05) is 18.2 Å². The molecule has 1 aliphatic rings. The molecule has 0 fully saturated rings. The zero-order valence-electron chi connectivity index (χ0n) is 10.3. The van der Waals surface area contributed by atoms with Crippen LogP contribution in [0.5, 0.6) is 0 Å². The zero-order chi connectivity index (χ0) is 12.8. The molecule has 96 valence electrons. The lowest BCUT2D eigenvalue weighted by Crippen LogP contribution is -2.26. The summed E-state index contributed by atoms with van der Waals surface area (Å²) >= 11 is 0. The summed E-state index contributed by atoms with van der Waals surface area (Å²) in [6, 6.07) is 7.93. The first-order chi connectivity index (χ1) is 9.38. The van der Waals surface area contributed by atoms with Crippen LogP contribution in [0.15, 0.2) is 30.5 Å². The Balaban J connectivity index is 2.15. The van der Waals surface area contributed by atoms with Crippen LogP contribution >= 0.6 is 0 Å². The molecule has 0 spiro atoms. The third kappa shape index (κ3) is 1.49. The van der Waals surface area contributed by atoms with Crippen LogP contribution in [0.2, 0.25) is 0 Å². The summed E-state index contributed by atoms with van der Waals surface area (Å²) in [6.07, 6.45) is 1.79. The van der Waals surface area contributed by atoms with Crippen molar-refractivity contribution in [2.45, 2.75) is 12.6 Å². The van der Waals surface area contributed by atoms with Gasteiger partial charge < -0.3 is 14.4 Å². The number of aliphatic hydroxyl groups is 1. The highest BCUT2D eigenvalue weighted by atomic mass is 16.5. The van der Waals surface area contributed by atoms with Crippen LogP contribution in [-0.4, -0.2) is 32.9 Å². The van der Waals surface area contributed by atoms with Gasteiger partial charge in [0, 0.05) is 5.39 Å². The van der Waals surface area contributed by atoms with Crippen LogP contribution in [0, 0.1) is 0 Å². The van der Waals surface area contributed by atoms with E-state index in [0.29, 0.717) is 13.2 Å². The predicted octanol–water partition coefficient (Wildman–Crippen LogP) is 1.65.